The van der Waals surface area contributed by atoms with Crippen LogP contribution in [0.3, 0.4) is 0 Å². The first kappa shape index (κ1) is 21.4. The van der Waals surface area contributed by atoms with E-state index in [1.54, 1.807) is 39.0 Å². The third-order valence-electron chi connectivity index (χ3n) is 4.80. The number of esters is 1. The van der Waals surface area contributed by atoms with Gasteiger partial charge >= 0.3 is 5.97 Å². The second-order valence-electron chi connectivity index (χ2n) is 7.71. The quantitative estimate of drug-likeness (QED) is 0.294. The van der Waals surface area contributed by atoms with E-state index in [2.05, 4.69) is 0 Å². The summed E-state index contributed by atoms with van der Waals surface area (Å²) in [4.78, 5) is 26.9. The molecule has 0 radical (unpaired) electrons. The molecule has 1 aliphatic carbocycles. The molecule has 1 aromatic carbocycles. The van der Waals surface area contributed by atoms with Gasteiger partial charge in [0, 0.05) is 0 Å². The number of carbonyl (C=O) groups is 2. The smallest absolute Gasteiger partial charge is 0.332 e. The normalized spacial score (nSPS) is 17.4. The fourth-order valence-corrected chi connectivity index (χ4v) is 4.29. The zero-order valence-electron chi connectivity index (χ0n) is 16.5. The summed E-state index contributed by atoms with van der Waals surface area (Å²) in [6, 6.07) is 4.92. The molecule has 148 valence electrons. The standard InChI is InChI=1S/C20H27O6P/c1-19(2,3)26-18(22)20(27-23,13-9-6-7-10-13)17(21)16-14(24-4)11-8-12-15(16)25-5/h8,11-13H,6-7,9-10H2,1-5H3. The van der Waals surface area contributed by atoms with E-state index in [9.17, 15) is 14.2 Å². The Hall–Kier alpha value is -1.94. The number of ether oxygens (including phenoxy) is 3. The van der Waals surface area contributed by atoms with Gasteiger partial charge in [0.2, 0.25) is 5.16 Å². The Balaban J connectivity index is 2.65. The Labute approximate surface area is 161 Å². The number of benzene rings is 1. The molecule has 7 heteroatoms. The molecule has 0 bridgehead atoms. The van der Waals surface area contributed by atoms with E-state index in [1.165, 1.54) is 14.2 Å². The summed E-state index contributed by atoms with van der Waals surface area (Å²) < 4.78 is 28.7. The van der Waals surface area contributed by atoms with Gasteiger partial charge in [-0.2, -0.15) is 0 Å². The van der Waals surface area contributed by atoms with Gasteiger partial charge in [0.15, 0.2) is 14.2 Å². The summed E-state index contributed by atoms with van der Waals surface area (Å²) >= 11 is 0. The number of rotatable bonds is 7. The van der Waals surface area contributed by atoms with Crippen molar-refractivity contribution in [3.8, 4) is 11.5 Å². The molecule has 0 aliphatic heterocycles. The molecule has 1 aliphatic rings. The summed E-state index contributed by atoms with van der Waals surface area (Å²) in [5, 5.41) is -1.81. The molecule has 1 atom stereocenters. The Morgan fingerprint density at radius 1 is 1.04 bits per heavy atom. The van der Waals surface area contributed by atoms with E-state index in [-0.39, 0.29) is 23.0 Å². The molecule has 0 N–H and O–H groups in total. The van der Waals surface area contributed by atoms with Crippen LogP contribution in [0.15, 0.2) is 18.2 Å². The predicted molar refractivity (Wildman–Crippen MR) is 102 cm³/mol. The number of methoxy groups -OCH3 is 2. The van der Waals surface area contributed by atoms with Crippen LogP contribution in [0, 0.1) is 5.92 Å². The minimum absolute atomic E-state index is 0.114. The summed E-state index contributed by atoms with van der Waals surface area (Å²) in [5.41, 5.74) is -0.694. The van der Waals surface area contributed by atoms with Crippen LogP contribution in [0.5, 0.6) is 11.5 Å². The fourth-order valence-electron chi connectivity index (χ4n) is 3.56. The van der Waals surface area contributed by atoms with Gasteiger partial charge in [-0.05, 0) is 51.7 Å². The van der Waals surface area contributed by atoms with Crippen LogP contribution >= 0.6 is 8.46 Å². The summed E-state index contributed by atoms with van der Waals surface area (Å²) in [5.74, 6) is -1.18. The number of carbonyl (C=O) groups excluding carboxylic acids is 2. The Morgan fingerprint density at radius 2 is 1.56 bits per heavy atom. The van der Waals surface area contributed by atoms with Crippen molar-refractivity contribution in [3.63, 3.8) is 0 Å². The first-order valence-corrected chi connectivity index (χ1v) is 9.86. The van der Waals surface area contributed by atoms with E-state index in [0.717, 1.165) is 12.8 Å². The average molecular weight is 394 g/mol. The van der Waals surface area contributed by atoms with Crippen molar-refractivity contribution in [3.05, 3.63) is 23.8 Å². The lowest BCUT2D eigenvalue weighted by atomic mass is 9.82. The molecule has 6 nitrogen and oxygen atoms in total. The van der Waals surface area contributed by atoms with Crippen molar-refractivity contribution in [1.82, 2.24) is 0 Å². The number of Topliss-reactive ketones (excluding diaryl/α,β-unsaturated/α-hetero) is 1. The van der Waals surface area contributed by atoms with Crippen molar-refractivity contribution in [2.24, 2.45) is 5.92 Å². The molecule has 0 aromatic heterocycles. The molecule has 27 heavy (non-hydrogen) atoms. The van der Waals surface area contributed by atoms with Gasteiger partial charge in [-0.25, -0.2) is 0 Å². The maximum Gasteiger partial charge on any atom is 0.332 e. The third-order valence-corrected chi connectivity index (χ3v) is 5.84. The SMILES string of the molecule is COc1cccc(OC)c1C(=O)C(P=O)(C(=O)OC(C)(C)C)C1CCCC1. The van der Waals surface area contributed by atoms with Crippen LogP contribution < -0.4 is 9.47 Å². The monoisotopic (exact) mass is 394 g/mol. The van der Waals surface area contributed by atoms with E-state index in [0.29, 0.717) is 12.8 Å². The largest absolute Gasteiger partial charge is 0.496 e. The van der Waals surface area contributed by atoms with Crippen LogP contribution in [-0.4, -0.2) is 36.7 Å². The van der Waals surface area contributed by atoms with Gasteiger partial charge in [0.25, 0.3) is 0 Å². The van der Waals surface area contributed by atoms with E-state index < -0.39 is 31.0 Å². The van der Waals surface area contributed by atoms with Crippen molar-refractivity contribution in [2.45, 2.75) is 57.2 Å². The van der Waals surface area contributed by atoms with Crippen LogP contribution in [0.1, 0.15) is 56.8 Å². The van der Waals surface area contributed by atoms with Gasteiger partial charge in [0.1, 0.15) is 22.7 Å². The zero-order valence-corrected chi connectivity index (χ0v) is 17.4. The lowest BCUT2D eigenvalue weighted by molar-refractivity contribution is -0.157. The molecular weight excluding hydrogens is 367 g/mol. The fraction of sp³-hybridized carbons (Fsp3) is 0.600. The summed E-state index contributed by atoms with van der Waals surface area (Å²) in [6.07, 6.45) is 3.03. The van der Waals surface area contributed by atoms with Crippen molar-refractivity contribution in [2.75, 3.05) is 14.2 Å². The number of hydrogen-bond donors (Lipinski definition) is 0. The predicted octanol–water partition coefficient (Wildman–Crippen LogP) is 4.45. The minimum atomic E-state index is -1.81. The highest BCUT2D eigenvalue weighted by atomic mass is 31.1. The molecule has 0 spiro atoms. The van der Waals surface area contributed by atoms with Crippen molar-refractivity contribution >= 4 is 20.2 Å². The second kappa shape index (κ2) is 8.39. The van der Waals surface area contributed by atoms with Gasteiger partial charge < -0.3 is 14.2 Å². The molecule has 1 unspecified atom stereocenters. The molecule has 2 rings (SSSR count). The minimum Gasteiger partial charge on any atom is -0.496 e. The first-order chi connectivity index (χ1) is 12.7. The Morgan fingerprint density at radius 3 is 1.96 bits per heavy atom. The van der Waals surface area contributed by atoms with Crippen LogP contribution in [-0.2, 0) is 14.1 Å². The summed E-state index contributed by atoms with van der Waals surface area (Å²) in [6.45, 7) is 5.17. The van der Waals surface area contributed by atoms with Gasteiger partial charge in [-0.15, -0.1) is 0 Å². The van der Waals surface area contributed by atoms with E-state index in [1.807, 2.05) is 0 Å². The highest BCUT2D eigenvalue weighted by Gasteiger charge is 2.57. The van der Waals surface area contributed by atoms with Crippen LogP contribution in [0.2, 0.25) is 0 Å². The zero-order chi connectivity index (χ0) is 20.2. The Kier molecular flexibility index (Phi) is 6.63. The molecule has 1 saturated carbocycles. The van der Waals surface area contributed by atoms with E-state index >= 15 is 0 Å². The van der Waals surface area contributed by atoms with Crippen molar-refractivity contribution in [1.29, 1.82) is 0 Å². The number of ketones is 1. The van der Waals surface area contributed by atoms with Crippen LogP contribution in [0.4, 0.5) is 0 Å². The highest BCUT2D eigenvalue weighted by Crippen LogP contribution is 2.48. The highest BCUT2D eigenvalue weighted by molar-refractivity contribution is 7.30. The van der Waals surface area contributed by atoms with Gasteiger partial charge in [-0.3, -0.25) is 14.2 Å². The number of hydrogen-bond acceptors (Lipinski definition) is 6. The molecule has 0 saturated heterocycles. The second-order valence-corrected chi connectivity index (χ2v) is 8.60. The lowest BCUT2D eigenvalue weighted by Crippen LogP contribution is -2.50. The Bertz CT molecular complexity index is 695. The molecular formula is C20H27O6P. The van der Waals surface area contributed by atoms with Gasteiger partial charge in [-0.1, -0.05) is 18.9 Å². The van der Waals surface area contributed by atoms with Crippen LogP contribution in [0.25, 0.3) is 0 Å². The maximum atomic E-state index is 13.7. The van der Waals surface area contributed by atoms with Crippen molar-refractivity contribution < 1.29 is 28.4 Å². The van der Waals surface area contributed by atoms with E-state index in [4.69, 9.17) is 14.2 Å². The van der Waals surface area contributed by atoms with Gasteiger partial charge in [0.05, 0.1) is 14.2 Å². The molecule has 0 amide bonds. The molecule has 0 heterocycles. The lowest BCUT2D eigenvalue weighted by Gasteiger charge is -2.33. The molecule has 1 fully saturated rings. The average Bonchev–Trinajstić information content (AvgIpc) is 3.15. The third kappa shape index (κ3) is 4.16. The summed E-state index contributed by atoms with van der Waals surface area (Å²) in [7, 11) is 2.30. The topological polar surface area (TPSA) is 78.9 Å². The maximum absolute atomic E-state index is 13.7. The molecule has 1 aromatic rings. The first-order valence-electron chi connectivity index (χ1n) is 9.05.